The molecule has 0 saturated heterocycles. The molecule has 1 N–H and O–H groups in total. The van der Waals surface area contributed by atoms with Gasteiger partial charge >= 0.3 is 0 Å². The molecule has 132 valence electrons. The van der Waals surface area contributed by atoms with E-state index in [4.69, 9.17) is 4.42 Å². The van der Waals surface area contributed by atoms with Gasteiger partial charge in [-0.25, -0.2) is 0 Å². The summed E-state index contributed by atoms with van der Waals surface area (Å²) >= 11 is 1.38. The Kier molecular flexibility index (Phi) is 7.36. The zero-order valence-corrected chi connectivity index (χ0v) is 15.4. The Balaban J connectivity index is 1.76. The molecule has 0 aliphatic carbocycles. The number of hydrogen-bond donors (Lipinski definition) is 1. The molecule has 7 heteroatoms. The summed E-state index contributed by atoms with van der Waals surface area (Å²) in [5, 5.41) is 12.0. The smallest absolute Gasteiger partial charge is 0.230 e. The maximum absolute atomic E-state index is 12.1. The van der Waals surface area contributed by atoms with Crippen molar-refractivity contribution in [3.05, 3.63) is 18.4 Å². The van der Waals surface area contributed by atoms with Crippen LogP contribution in [0.1, 0.15) is 46.0 Å². The third kappa shape index (κ3) is 5.40. The zero-order valence-electron chi connectivity index (χ0n) is 14.6. The molecular weight excluding hydrogens is 324 g/mol. The number of hydrogen-bond acceptors (Lipinski definition) is 5. The van der Waals surface area contributed by atoms with Crippen molar-refractivity contribution in [1.29, 1.82) is 0 Å². The van der Waals surface area contributed by atoms with Crippen LogP contribution in [0.25, 0.3) is 11.6 Å². The van der Waals surface area contributed by atoms with E-state index in [0.717, 1.165) is 12.8 Å². The number of carbonyl (C=O) groups is 1. The van der Waals surface area contributed by atoms with Crippen molar-refractivity contribution in [3.8, 4) is 11.6 Å². The Morgan fingerprint density at radius 3 is 2.92 bits per heavy atom. The van der Waals surface area contributed by atoms with Crippen LogP contribution in [-0.2, 0) is 11.8 Å². The van der Waals surface area contributed by atoms with Gasteiger partial charge in [0.05, 0.1) is 12.0 Å². The second kappa shape index (κ2) is 9.52. The zero-order chi connectivity index (χ0) is 17.4. The molecule has 1 atom stereocenters. The summed E-state index contributed by atoms with van der Waals surface area (Å²) in [6.07, 6.45) is 7.53. The lowest BCUT2D eigenvalue weighted by atomic mass is 10.1. The summed E-state index contributed by atoms with van der Waals surface area (Å²) in [4.78, 5) is 12.1. The highest BCUT2D eigenvalue weighted by Gasteiger charge is 2.15. The third-order valence-corrected chi connectivity index (χ3v) is 4.83. The third-order valence-electron chi connectivity index (χ3n) is 3.81. The second-order valence-corrected chi connectivity index (χ2v) is 6.89. The number of carbonyl (C=O) groups excluding carboxylic acids is 1. The van der Waals surface area contributed by atoms with E-state index in [9.17, 15) is 4.79 Å². The summed E-state index contributed by atoms with van der Waals surface area (Å²) in [5.74, 6) is 1.70. The number of unbranched alkanes of at least 4 members (excludes halogenated alkanes) is 3. The van der Waals surface area contributed by atoms with Crippen LogP contribution >= 0.6 is 11.8 Å². The van der Waals surface area contributed by atoms with Crippen molar-refractivity contribution >= 4 is 17.7 Å². The van der Waals surface area contributed by atoms with Crippen LogP contribution < -0.4 is 5.32 Å². The van der Waals surface area contributed by atoms with E-state index >= 15 is 0 Å². The highest BCUT2D eigenvalue weighted by Crippen LogP contribution is 2.22. The van der Waals surface area contributed by atoms with Crippen LogP contribution in [0.2, 0.25) is 0 Å². The molecule has 2 aromatic heterocycles. The number of thioether (sulfide) groups is 1. The normalized spacial score (nSPS) is 12.3. The van der Waals surface area contributed by atoms with Crippen LogP contribution in [0.5, 0.6) is 0 Å². The molecule has 0 fully saturated rings. The molecule has 1 amide bonds. The van der Waals surface area contributed by atoms with E-state index in [2.05, 4.69) is 29.4 Å². The first-order valence-corrected chi connectivity index (χ1v) is 9.45. The maximum Gasteiger partial charge on any atom is 0.230 e. The van der Waals surface area contributed by atoms with Gasteiger partial charge in [-0.3, -0.25) is 4.79 Å². The monoisotopic (exact) mass is 350 g/mol. The van der Waals surface area contributed by atoms with E-state index in [-0.39, 0.29) is 11.9 Å². The Hall–Kier alpha value is -1.76. The van der Waals surface area contributed by atoms with Gasteiger partial charge in [-0.05, 0) is 25.5 Å². The fourth-order valence-corrected chi connectivity index (χ4v) is 3.18. The van der Waals surface area contributed by atoms with E-state index < -0.39 is 0 Å². The standard InChI is InChI=1S/C17H26N4O2S/c1-4-5-6-7-9-13(2)18-15(22)12-24-17-20-19-16(21(17)3)14-10-8-11-23-14/h8,10-11,13H,4-7,9,12H2,1-3H3,(H,18,22)/t13-/m1/s1. The topological polar surface area (TPSA) is 73.0 Å². The highest BCUT2D eigenvalue weighted by atomic mass is 32.2. The highest BCUT2D eigenvalue weighted by molar-refractivity contribution is 7.99. The quantitative estimate of drug-likeness (QED) is 0.523. The average Bonchev–Trinajstić information content (AvgIpc) is 3.19. The number of amides is 1. The molecule has 0 bridgehead atoms. The minimum absolute atomic E-state index is 0.0329. The van der Waals surface area contributed by atoms with Crippen LogP contribution in [0.3, 0.4) is 0 Å². The summed E-state index contributed by atoms with van der Waals surface area (Å²) in [6.45, 7) is 4.26. The van der Waals surface area contributed by atoms with Crippen molar-refractivity contribution in [2.75, 3.05) is 5.75 Å². The number of nitrogens with zero attached hydrogens (tertiary/aromatic N) is 3. The average molecular weight is 350 g/mol. The van der Waals surface area contributed by atoms with Gasteiger partial charge in [0, 0.05) is 13.1 Å². The summed E-state index contributed by atoms with van der Waals surface area (Å²) < 4.78 is 7.17. The largest absolute Gasteiger partial charge is 0.461 e. The number of aromatic nitrogens is 3. The van der Waals surface area contributed by atoms with Crippen molar-refractivity contribution in [1.82, 2.24) is 20.1 Å². The molecule has 24 heavy (non-hydrogen) atoms. The van der Waals surface area contributed by atoms with E-state index in [1.54, 1.807) is 6.26 Å². The first kappa shape index (κ1) is 18.6. The number of rotatable bonds is 10. The van der Waals surface area contributed by atoms with Crippen LogP contribution in [0.4, 0.5) is 0 Å². The molecule has 2 rings (SSSR count). The van der Waals surface area contributed by atoms with Gasteiger partial charge in [0.15, 0.2) is 16.7 Å². The van der Waals surface area contributed by atoms with Gasteiger partial charge in [-0.1, -0.05) is 44.4 Å². The van der Waals surface area contributed by atoms with Crippen molar-refractivity contribution in [3.63, 3.8) is 0 Å². The SMILES string of the molecule is CCCCCC[C@@H](C)NC(=O)CSc1nnc(-c2ccco2)n1C. The molecule has 0 aromatic carbocycles. The number of nitrogens with one attached hydrogen (secondary N) is 1. The molecule has 0 unspecified atom stereocenters. The summed E-state index contributed by atoms with van der Waals surface area (Å²) in [7, 11) is 1.87. The van der Waals surface area contributed by atoms with E-state index in [0.29, 0.717) is 22.5 Å². The maximum atomic E-state index is 12.1. The lowest BCUT2D eigenvalue weighted by Crippen LogP contribution is -2.33. The van der Waals surface area contributed by atoms with Gasteiger partial charge < -0.3 is 14.3 Å². The minimum atomic E-state index is 0.0329. The van der Waals surface area contributed by atoms with Crippen LogP contribution in [0.15, 0.2) is 28.0 Å². The second-order valence-electron chi connectivity index (χ2n) is 5.95. The molecule has 0 radical (unpaired) electrons. The molecule has 0 saturated carbocycles. The van der Waals surface area contributed by atoms with Gasteiger partial charge in [-0.15, -0.1) is 10.2 Å². The Labute approximate surface area is 147 Å². The lowest BCUT2D eigenvalue weighted by molar-refractivity contribution is -0.119. The molecule has 0 aliphatic rings. The Morgan fingerprint density at radius 1 is 1.38 bits per heavy atom. The van der Waals surface area contributed by atoms with Gasteiger partial charge in [0.2, 0.25) is 5.91 Å². The molecule has 2 heterocycles. The Bertz CT molecular complexity index is 625. The molecule has 0 spiro atoms. The van der Waals surface area contributed by atoms with Crippen molar-refractivity contribution in [2.45, 2.75) is 57.1 Å². The summed E-state index contributed by atoms with van der Waals surface area (Å²) in [6, 6.07) is 3.87. The fraction of sp³-hybridized carbons (Fsp3) is 0.588. The molecule has 2 aromatic rings. The van der Waals surface area contributed by atoms with Crippen LogP contribution in [-0.4, -0.2) is 32.5 Å². The predicted octanol–water partition coefficient (Wildman–Crippen LogP) is 3.64. The van der Waals surface area contributed by atoms with Gasteiger partial charge in [0.1, 0.15) is 0 Å². The van der Waals surface area contributed by atoms with Crippen LogP contribution in [0, 0.1) is 0 Å². The minimum Gasteiger partial charge on any atom is -0.461 e. The van der Waals surface area contributed by atoms with Crippen molar-refractivity contribution in [2.24, 2.45) is 7.05 Å². The lowest BCUT2D eigenvalue weighted by Gasteiger charge is -2.13. The van der Waals surface area contributed by atoms with Crippen molar-refractivity contribution < 1.29 is 9.21 Å². The summed E-state index contributed by atoms with van der Waals surface area (Å²) in [5.41, 5.74) is 0. The van der Waals surface area contributed by atoms with E-state index in [1.807, 2.05) is 23.7 Å². The van der Waals surface area contributed by atoms with Gasteiger partial charge in [-0.2, -0.15) is 0 Å². The molecule has 6 nitrogen and oxygen atoms in total. The first-order chi connectivity index (χ1) is 11.6. The Morgan fingerprint density at radius 2 is 2.21 bits per heavy atom. The fourth-order valence-electron chi connectivity index (χ4n) is 2.46. The van der Waals surface area contributed by atoms with E-state index in [1.165, 1.54) is 31.0 Å². The first-order valence-electron chi connectivity index (χ1n) is 8.47. The molecular formula is C17H26N4O2S. The van der Waals surface area contributed by atoms with Gasteiger partial charge in [0.25, 0.3) is 0 Å². The predicted molar refractivity (Wildman–Crippen MR) is 95.8 cm³/mol. The number of furan rings is 1. The molecule has 0 aliphatic heterocycles.